The van der Waals surface area contributed by atoms with Gasteiger partial charge in [0.25, 0.3) is 5.91 Å². The predicted octanol–water partition coefficient (Wildman–Crippen LogP) is 1.14. The number of anilines is 1. The number of hydrogen-bond donors (Lipinski definition) is 2. The number of rotatable bonds is 1. The van der Waals surface area contributed by atoms with E-state index >= 15 is 0 Å². The summed E-state index contributed by atoms with van der Waals surface area (Å²) in [6.07, 6.45) is 1.88. The van der Waals surface area contributed by atoms with Crippen LogP contribution in [0.3, 0.4) is 0 Å². The molecule has 1 heterocycles. The molecule has 2 rings (SSSR count). The second kappa shape index (κ2) is 4.40. The highest BCUT2D eigenvalue weighted by Gasteiger charge is 2.21. The molecule has 1 aromatic rings. The number of benzene rings is 1. The number of phenolic OH excluding ortho intramolecular Hbond substituents is 1. The Bertz CT molecular complexity index is 400. The van der Waals surface area contributed by atoms with Crippen LogP contribution in [0.15, 0.2) is 18.2 Å². The standard InChI is InChI=1S/C11H14N2O3/c12-10-4-3-8(14)7-9(10)11(15)13-5-1-2-6-16-13/h3-4,7,14H,1-2,5-6,12H2. The third-order valence-electron chi connectivity index (χ3n) is 2.50. The third kappa shape index (κ3) is 2.09. The van der Waals surface area contributed by atoms with Crippen LogP contribution in [0, 0.1) is 0 Å². The summed E-state index contributed by atoms with van der Waals surface area (Å²) in [6.45, 7) is 1.11. The Morgan fingerprint density at radius 1 is 1.44 bits per heavy atom. The van der Waals surface area contributed by atoms with E-state index in [0.29, 0.717) is 18.8 Å². The maximum absolute atomic E-state index is 12.0. The fraction of sp³-hybridized carbons (Fsp3) is 0.364. The summed E-state index contributed by atoms with van der Waals surface area (Å²) in [7, 11) is 0. The molecule has 5 heteroatoms. The highest BCUT2D eigenvalue weighted by molar-refractivity contribution is 5.99. The van der Waals surface area contributed by atoms with Crippen molar-refractivity contribution in [3.63, 3.8) is 0 Å². The average Bonchev–Trinajstić information content (AvgIpc) is 2.32. The average molecular weight is 222 g/mol. The molecule has 1 amide bonds. The van der Waals surface area contributed by atoms with Gasteiger partial charge in [0.2, 0.25) is 0 Å². The number of hydrogen-bond acceptors (Lipinski definition) is 4. The van der Waals surface area contributed by atoms with Crippen molar-refractivity contribution in [1.82, 2.24) is 5.06 Å². The normalized spacial score (nSPS) is 16.1. The second-order valence-electron chi connectivity index (χ2n) is 3.72. The van der Waals surface area contributed by atoms with Gasteiger partial charge in [0.05, 0.1) is 12.2 Å². The van der Waals surface area contributed by atoms with Crippen LogP contribution in [0.25, 0.3) is 0 Å². The van der Waals surface area contributed by atoms with Gasteiger partial charge < -0.3 is 10.8 Å². The maximum Gasteiger partial charge on any atom is 0.279 e. The summed E-state index contributed by atoms with van der Waals surface area (Å²) in [5.74, 6) is -0.275. The number of nitrogen functional groups attached to an aromatic ring is 1. The SMILES string of the molecule is Nc1ccc(O)cc1C(=O)N1CCCCO1. The number of carbonyl (C=O) groups excluding carboxylic acids is 1. The minimum atomic E-state index is -0.298. The summed E-state index contributed by atoms with van der Waals surface area (Å²) in [4.78, 5) is 17.2. The van der Waals surface area contributed by atoms with Crippen LogP contribution in [0.1, 0.15) is 23.2 Å². The number of nitrogens with zero attached hydrogens (tertiary/aromatic N) is 1. The molecule has 0 bridgehead atoms. The Morgan fingerprint density at radius 2 is 2.25 bits per heavy atom. The number of amides is 1. The molecule has 1 saturated heterocycles. The lowest BCUT2D eigenvalue weighted by Gasteiger charge is -2.26. The minimum absolute atomic E-state index is 0.0227. The lowest BCUT2D eigenvalue weighted by molar-refractivity contribution is -0.144. The topological polar surface area (TPSA) is 75.8 Å². The minimum Gasteiger partial charge on any atom is -0.508 e. The zero-order valence-corrected chi connectivity index (χ0v) is 8.85. The van der Waals surface area contributed by atoms with Crippen LogP contribution in [-0.2, 0) is 4.84 Å². The third-order valence-corrected chi connectivity index (χ3v) is 2.50. The molecule has 16 heavy (non-hydrogen) atoms. The van der Waals surface area contributed by atoms with Gasteiger partial charge in [0.1, 0.15) is 5.75 Å². The van der Waals surface area contributed by atoms with E-state index in [1.165, 1.54) is 23.3 Å². The quantitative estimate of drug-likeness (QED) is 0.552. The lowest BCUT2D eigenvalue weighted by atomic mass is 10.1. The first-order chi connectivity index (χ1) is 7.68. The number of nitrogens with two attached hydrogens (primary N) is 1. The molecule has 0 aromatic heterocycles. The Morgan fingerprint density at radius 3 is 2.94 bits per heavy atom. The predicted molar refractivity (Wildman–Crippen MR) is 58.7 cm³/mol. The summed E-state index contributed by atoms with van der Waals surface area (Å²) < 4.78 is 0. The van der Waals surface area contributed by atoms with Crippen LogP contribution in [0.4, 0.5) is 5.69 Å². The van der Waals surface area contributed by atoms with Crippen molar-refractivity contribution in [3.05, 3.63) is 23.8 Å². The molecule has 1 aliphatic rings. The zero-order valence-electron chi connectivity index (χ0n) is 8.85. The molecular weight excluding hydrogens is 208 g/mol. The first kappa shape index (κ1) is 10.8. The van der Waals surface area contributed by atoms with Gasteiger partial charge in [-0.25, -0.2) is 5.06 Å². The molecule has 0 aliphatic carbocycles. The Kier molecular flexibility index (Phi) is 2.96. The molecular formula is C11H14N2O3. The van der Waals surface area contributed by atoms with Crippen molar-refractivity contribution in [2.45, 2.75) is 12.8 Å². The Balaban J connectivity index is 2.22. The molecule has 1 fully saturated rings. The van der Waals surface area contributed by atoms with Crippen molar-refractivity contribution in [2.75, 3.05) is 18.9 Å². The van der Waals surface area contributed by atoms with Crippen molar-refractivity contribution in [2.24, 2.45) is 0 Å². The molecule has 3 N–H and O–H groups in total. The van der Waals surface area contributed by atoms with E-state index in [-0.39, 0.29) is 17.2 Å². The molecule has 0 spiro atoms. The van der Waals surface area contributed by atoms with Gasteiger partial charge in [-0.15, -0.1) is 0 Å². The second-order valence-corrected chi connectivity index (χ2v) is 3.72. The summed E-state index contributed by atoms with van der Waals surface area (Å²) in [5, 5.41) is 10.6. The molecule has 0 unspecified atom stereocenters. The van der Waals surface area contributed by atoms with Crippen molar-refractivity contribution in [1.29, 1.82) is 0 Å². The number of phenols is 1. The highest BCUT2D eigenvalue weighted by Crippen LogP contribution is 2.21. The zero-order chi connectivity index (χ0) is 11.5. The fourth-order valence-electron chi connectivity index (χ4n) is 1.62. The fourth-order valence-corrected chi connectivity index (χ4v) is 1.62. The number of hydroxylamine groups is 2. The Labute approximate surface area is 93.4 Å². The lowest BCUT2D eigenvalue weighted by Crippen LogP contribution is -2.36. The van der Waals surface area contributed by atoms with Gasteiger partial charge in [-0.05, 0) is 31.0 Å². The molecule has 1 aromatic carbocycles. The van der Waals surface area contributed by atoms with E-state index in [9.17, 15) is 9.90 Å². The van der Waals surface area contributed by atoms with E-state index in [4.69, 9.17) is 10.6 Å². The van der Waals surface area contributed by atoms with Crippen molar-refractivity contribution < 1.29 is 14.7 Å². The van der Waals surface area contributed by atoms with E-state index in [1.54, 1.807) is 0 Å². The van der Waals surface area contributed by atoms with Gasteiger partial charge in [0, 0.05) is 12.2 Å². The van der Waals surface area contributed by atoms with Gasteiger partial charge in [-0.2, -0.15) is 0 Å². The van der Waals surface area contributed by atoms with Crippen LogP contribution < -0.4 is 5.73 Å². The van der Waals surface area contributed by atoms with Crippen LogP contribution in [0.2, 0.25) is 0 Å². The maximum atomic E-state index is 12.0. The van der Waals surface area contributed by atoms with Crippen molar-refractivity contribution >= 4 is 11.6 Å². The summed E-state index contributed by atoms with van der Waals surface area (Å²) >= 11 is 0. The molecule has 0 atom stereocenters. The highest BCUT2D eigenvalue weighted by atomic mass is 16.7. The first-order valence-electron chi connectivity index (χ1n) is 5.22. The van der Waals surface area contributed by atoms with Crippen LogP contribution >= 0.6 is 0 Å². The van der Waals surface area contributed by atoms with Gasteiger partial charge in [-0.1, -0.05) is 0 Å². The van der Waals surface area contributed by atoms with Crippen molar-refractivity contribution in [3.8, 4) is 5.75 Å². The number of carbonyl (C=O) groups is 1. The van der Waals surface area contributed by atoms with Gasteiger partial charge in [0.15, 0.2) is 0 Å². The monoisotopic (exact) mass is 222 g/mol. The molecule has 1 aliphatic heterocycles. The summed E-state index contributed by atoms with van der Waals surface area (Å²) in [5.41, 5.74) is 6.31. The number of aromatic hydroxyl groups is 1. The molecule has 5 nitrogen and oxygen atoms in total. The largest absolute Gasteiger partial charge is 0.508 e. The molecule has 0 saturated carbocycles. The van der Waals surface area contributed by atoms with E-state index < -0.39 is 0 Å². The van der Waals surface area contributed by atoms with Gasteiger partial charge in [-0.3, -0.25) is 9.63 Å². The Hall–Kier alpha value is -1.75. The molecule has 0 radical (unpaired) electrons. The van der Waals surface area contributed by atoms with E-state index in [0.717, 1.165) is 12.8 Å². The first-order valence-corrected chi connectivity index (χ1v) is 5.22. The van der Waals surface area contributed by atoms with E-state index in [1.807, 2.05) is 0 Å². The van der Waals surface area contributed by atoms with E-state index in [2.05, 4.69) is 0 Å². The van der Waals surface area contributed by atoms with Crippen LogP contribution in [0.5, 0.6) is 5.75 Å². The van der Waals surface area contributed by atoms with Crippen LogP contribution in [-0.4, -0.2) is 29.2 Å². The smallest absolute Gasteiger partial charge is 0.279 e. The van der Waals surface area contributed by atoms with Gasteiger partial charge >= 0.3 is 0 Å². The summed E-state index contributed by atoms with van der Waals surface area (Å²) in [6, 6.07) is 4.31. The molecule has 86 valence electrons.